The molecular weight excluding hydrogens is 332 g/mol. The van der Waals surface area contributed by atoms with Crippen molar-refractivity contribution < 1.29 is 19.1 Å². The van der Waals surface area contributed by atoms with E-state index >= 15 is 0 Å². The summed E-state index contributed by atoms with van der Waals surface area (Å²) in [6, 6.07) is 0. The minimum absolute atomic E-state index is 0.0518. The first kappa shape index (κ1) is 17.7. The van der Waals surface area contributed by atoms with E-state index in [0.29, 0.717) is 36.2 Å². The smallest absolute Gasteiger partial charge is 0.192 e. The fourth-order valence-electron chi connectivity index (χ4n) is 5.13. The number of ether oxygens (including phenoxy) is 1. The van der Waals surface area contributed by atoms with E-state index in [0.717, 1.165) is 25.7 Å². The number of aliphatic hydroxyl groups is 1. The van der Waals surface area contributed by atoms with Crippen LogP contribution in [0.25, 0.3) is 0 Å². The highest BCUT2D eigenvalue weighted by atomic mass is 28.4. The van der Waals surface area contributed by atoms with Crippen LogP contribution < -0.4 is 0 Å². The molecule has 1 spiro atoms. The molecule has 3 fully saturated rings. The maximum absolute atomic E-state index is 12.9. The number of Topliss-reactive ketones (excluding diaryl/α,β-unsaturated/α-hetero) is 1. The molecule has 0 radical (unpaired) electrons. The van der Waals surface area contributed by atoms with Gasteiger partial charge >= 0.3 is 0 Å². The molecule has 4 rings (SSSR count). The van der Waals surface area contributed by atoms with E-state index in [2.05, 4.69) is 33.9 Å². The first-order chi connectivity index (χ1) is 11.6. The topological polar surface area (TPSA) is 59.1 Å². The Hall–Kier alpha value is -0.653. The highest BCUT2D eigenvalue weighted by Crippen LogP contribution is 2.60. The Kier molecular flexibility index (Phi) is 3.85. The van der Waals surface area contributed by atoms with Gasteiger partial charge in [-0.1, -0.05) is 20.8 Å². The normalized spacial score (nSPS) is 41.1. The van der Waals surface area contributed by atoms with Crippen molar-refractivity contribution >= 4 is 14.1 Å². The molecule has 0 aromatic heterocycles. The number of allylic oxidation sites excluding steroid dienone is 1. The fraction of sp³-hybridized carbons (Fsp3) is 0.850. The van der Waals surface area contributed by atoms with E-state index in [1.807, 2.05) is 0 Å². The molecule has 2 bridgehead atoms. The highest BCUT2D eigenvalue weighted by molar-refractivity contribution is 6.74. The van der Waals surface area contributed by atoms with E-state index in [9.17, 15) is 9.90 Å². The molecule has 1 N–H and O–H groups in total. The summed E-state index contributed by atoms with van der Waals surface area (Å²) in [4.78, 5) is 12.9. The van der Waals surface area contributed by atoms with Crippen molar-refractivity contribution in [2.24, 2.45) is 11.3 Å². The SMILES string of the molecule is CC(C)(C)[Si](C)(C)O[C@@H]1[C@H]2CCC(=O)C3=C(O)CC[C@]31C[C@@H]1O[C@@H]1C2. The zero-order chi connectivity index (χ0) is 18.2. The number of epoxide rings is 1. The van der Waals surface area contributed by atoms with Gasteiger partial charge < -0.3 is 14.3 Å². The molecule has 3 aliphatic carbocycles. The molecule has 140 valence electrons. The van der Waals surface area contributed by atoms with Gasteiger partial charge in [0.05, 0.1) is 24.1 Å². The second-order valence-corrected chi connectivity index (χ2v) is 14.9. The maximum atomic E-state index is 12.9. The van der Waals surface area contributed by atoms with Gasteiger partial charge in [-0.05, 0) is 49.7 Å². The summed E-state index contributed by atoms with van der Waals surface area (Å²) in [5.41, 5.74) is 0.378. The third kappa shape index (κ3) is 2.65. The molecule has 1 heterocycles. The number of rotatable bonds is 2. The molecule has 4 aliphatic rings. The van der Waals surface area contributed by atoms with E-state index in [1.54, 1.807) is 0 Å². The number of aliphatic hydroxyl groups excluding tert-OH is 1. The summed E-state index contributed by atoms with van der Waals surface area (Å²) < 4.78 is 12.9. The van der Waals surface area contributed by atoms with Gasteiger partial charge in [-0.3, -0.25) is 4.79 Å². The van der Waals surface area contributed by atoms with Gasteiger partial charge in [0.2, 0.25) is 0 Å². The Morgan fingerprint density at radius 3 is 2.64 bits per heavy atom. The summed E-state index contributed by atoms with van der Waals surface area (Å²) in [7, 11) is -1.98. The minimum Gasteiger partial charge on any atom is -0.512 e. The Morgan fingerprint density at radius 2 is 1.96 bits per heavy atom. The lowest BCUT2D eigenvalue weighted by Gasteiger charge is -2.47. The number of carbonyl (C=O) groups excluding carboxylic acids is 1. The molecule has 4 nitrogen and oxygen atoms in total. The molecule has 1 aliphatic heterocycles. The lowest BCUT2D eigenvalue weighted by molar-refractivity contribution is -0.116. The van der Waals surface area contributed by atoms with Crippen LogP contribution in [0.4, 0.5) is 0 Å². The number of hydrogen-bond acceptors (Lipinski definition) is 4. The van der Waals surface area contributed by atoms with Gasteiger partial charge in [0, 0.05) is 23.8 Å². The minimum atomic E-state index is -1.98. The van der Waals surface area contributed by atoms with Gasteiger partial charge in [0.25, 0.3) is 0 Å². The maximum Gasteiger partial charge on any atom is 0.192 e. The quantitative estimate of drug-likeness (QED) is 0.578. The van der Waals surface area contributed by atoms with E-state index in [4.69, 9.17) is 9.16 Å². The first-order valence-corrected chi connectivity index (χ1v) is 12.7. The van der Waals surface area contributed by atoms with Crippen LogP contribution in [0.3, 0.4) is 0 Å². The van der Waals surface area contributed by atoms with Crippen molar-refractivity contribution in [2.75, 3.05) is 0 Å². The average Bonchev–Trinajstić information content (AvgIpc) is 3.16. The zero-order valence-corrected chi connectivity index (χ0v) is 17.2. The fourth-order valence-corrected chi connectivity index (χ4v) is 6.54. The van der Waals surface area contributed by atoms with Crippen molar-refractivity contribution in [1.82, 2.24) is 0 Å². The van der Waals surface area contributed by atoms with Crippen LogP contribution in [0.1, 0.15) is 59.3 Å². The number of hydrogen-bond donors (Lipinski definition) is 1. The summed E-state index contributed by atoms with van der Waals surface area (Å²) in [5, 5.41) is 10.7. The van der Waals surface area contributed by atoms with Gasteiger partial charge in [-0.2, -0.15) is 0 Å². The predicted octanol–water partition coefficient (Wildman–Crippen LogP) is 4.51. The monoisotopic (exact) mass is 364 g/mol. The van der Waals surface area contributed by atoms with Crippen LogP contribution in [-0.2, 0) is 14.0 Å². The molecule has 0 amide bonds. The van der Waals surface area contributed by atoms with Crippen LogP contribution >= 0.6 is 0 Å². The summed E-state index contributed by atoms with van der Waals surface area (Å²) >= 11 is 0. The number of carbonyl (C=O) groups is 1. The van der Waals surface area contributed by atoms with Crippen molar-refractivity contribution in [2.45, 2.75) is 95.7 Å². The van der Waals surface area contributed by atoms with Crippen LogP contribution in [-0.4, -0.2) is 37.5 Å². The lowest BCUT2D eigenvalue weighted by Crippen LogP contribution is -2.52. The highest BCUT2D eigenvalue weighted by Gasteiger charge is 2.62. The van der Waals surface area contributed by atoms with Gasteiger partial charge in [0.15, 0.2) is 14.1 Å². The van der Waals surface area contributed by atoms with Gasteiger partial charge in [-0.15, -0.1) is 0 Å². The Bertz CT molecular complexity index is 632. The number of ketones is 1. The lowest BCUT2D eigenvalue weighted by atomic mass is 9.70. The van der Waals surface area contributed by atoms with Crippen LogP contribution in [0, 0.1) is 11.3 Å². The van der Waals surface area contributed by atoms with Crippen molar-refractivity contribution in [3.8, 4) is 0 Å². The van der Waals surface area contributed by atoms with Crippen LogP contribution in [0.15, 0.2) is 11.3 Å². The van der Waals surface area contributed by atoms with Crippen LogP contribution in [0.2, 0.25) is 18.1 Å². The summed E-state index contributed by atoms with van der Waals surface area (Å²) in [6.45, 7) is 11.4. The molecule has 2 saturated carbocycles. The summed E-state index contributed by atoms with van der Waals surface area (Å²) in [5.74, 6) is 0.841. The number of fused-ring (bicyclic) bond motifs is 2. The van der Waals surface area contributed by atoms with Crippen molar-refractivity contribution in [3.05, 3.63) is 11.3 Å². The second kappa shape index (κ2) is 5.43. The molecule has 0 aromatic carbocycles. The van der Waals surface area contributed by atoms with Crippen LogP contribution in [0.5, 0.6) is 0 Å². The van der Waals surface area contributed by atoms with Crippen molar-refractivity contribution in [1.29, 1.82) is 0 Å². The predicted molar refractivity (Wildman–Crippen MR) is 99.0 cm³/mol. The van der Waals surface area contributed by atoms with Crippen molar-refractivity contribution in [3.63, 3.8) is 0 Å². The van der Waals surface area contributed by atoms with E-state index in [1.165, 1.54) is 0 Å². The standard InChI is InChI=1S/C20H32O4Si/c1-19(2,3)25(4,5)24-18-12-6-7-13(21)17-14(22)8-9-20(17,18)11-16-15(10-12)23-16/h12,15-16,18,22H,6-11H2,1-5H3/t12-,15+,16-,18+,20-/m0/s1. The van der Waals surface area contributed by atoms with Gasteiger partial charge in [-0.25, -0.2) is 0 Å². The first-order valence-electron chi connectivity index (χ1n) is 9.84. The third-order valence-electron chi connectivity index (χ3n) is 7.60. The Morgan fingerprint density at radius 1 is 1.24 bits per heavy atom. The molecule has 0 aromatic rings. The molecule has 5 atom stereocenters. The molecule has 25 heavy (non-hydrogen) atoms. The largest absolute Gasteiger partial charge is 0.512 e. The van der Waals surface area contributed by atoms with E-state index < -0.39 is 8.32 Å². The molecular formula is C20H32O4Si. The Labute approximate surface area is 152 Å². The average molecular weight is 365 g/mol. The molecule has 1 saturated heterocycles. The zero-order valence-electron chi connectivity index (χ0n) is 16.2. The summed E-state index contributed by atoms with van der Waals surface area (Å²) in [6.07, 6.45) is 5.35. The van der Waals surface area contributed by atoms with Gasteiger partial charge in [0.1, 0.15) is 0 Å². The second-order valence-electron chi connectivity index (χ2n) is 10.2. The third-order valence-corrected chi connectivity index (χ3v) is 12.1. The van der Waals surface area contributed by atoms with E-state index in [-0.39, 0.29) is 28.4 Å². The molecule has 5 heteroatoms. The molecule has 0 unspecified atom stereocenters. The Balaban J connectivity index is 1.80.